The monoisotopic (exact) mass is 366 g/mol. The van der Waals surface area contributed by atoms with E-state index in [9.17, 15) is 4.79 Å². The standard InChI is InChI=1S/C24H34N2O/c27-23(25-15-7-12-20-8-3-1-4-9-20)22-18-24(22)13-16-26(17-14-24)19-21-10-5-2-6-11-21/h1-5,8-9,21-22H,6-7,10-19H2,(H,25,27)/t21-,22-/m0/s1. The van der Waals surface area contributed by atoms with Gasteiger partial charge in [-0.15, -0.1) is 0 Å². The Morgan fingerprint density at radius 1 is 1.15 bits per heavy atom. The van der Waals surface area contributed by atoms with Crippen molar-refractivity contribution < 1.29 is 4.79 Å². The van der Waals surface area contributed by atoms with Crippen molar-refractivity contribution in [1.82, 2.24) is 10.2 Å². The third-order valence-electron chi connectivity index (χ3n) is 7.04. The number of allylic oxidation sites excluding steroid dienone is 2. The van der Waals surface area contributed by atoms with Crippen molar-refractivity contribution in [3.63, 3.8) is 0 Å². The van der Waals surface area contributed by atoms with Crippen molar-refractivity contribution in [3.8, 4) is 0 Å². The first kappa shape index (κ1) is 18.7. The summed E-state index contributed by atoms with van der Waals surface area (Å²) in [7, 11) is 0. The molecule has 1 aliphatic heterocycles. The lowest BCUT2D eigenvalue weighted by Gasteiger charge is -2.35. The molecule has 1 N–H and O–H groups in total. The topological polar surface area (TPSA) is 32.3 Å². The number of nitrogens with zero attached hydrogens (tertiary/aromatic N) is 1. The van der Waals surface area contributed by atoms with Crippen LogP contribution in [-0.4, -0.2) is 37.0 Å². The Bertz CT molecular complexity index is 646. The van der Waals surface area contributed by atoms with Gasteiger partial charge in [0.15, 0.2) is 0 Å². The molecule has 1 saturated carbocycles. The minimum Gasteiger partial charge on any atom is -0.356 e. The van der Waals surface area contributed by atoms with E-state index in [2.05, 4.69) is 52.7 Å². The van der Waals surface area contributed by atoms with Gasteiger partial charge in [-0.2, -0.15) is 0 Å². The lowest BCUT2D eigenvalue weighted by Crippen LogP contribution is -2.39. The number of aryl methyl sites for hydroxylation is 1. The third-order valence-corrected chi connectivity index (χ3v) is 7.04. The van der Waals surface area contributed by atoms with Gasteiger partial charge in [0.2, 0.25) is 5.91 Å². The smallest absolute Gasteiger partial charge is 0.223 e. The lowest BCUT2D eigenvalue weighted by atomic mass is 9.88. The highest BCUT2D eigenvalue weighted by Crippen LogP contribution is 2.59. The summed E-state index contributed by atoms with van der Waals surface area (Å²) in [4.78, 5) is 15.2. The van der Waals surface area contributed by atoms with E-state index in [1.165, 1.54) is 57.3 Å². The number of amides is 1. The van der Waals surface area contributed by atoms with E-state index in [0.29, 0.717) is 11.3 Å². The Morgan fingerprint density at radius 3 is 2.70 bits per heavy atom. The van der Waals surface area contributed by atoms with Gasteiger partial charge >= 0.3 is 0 Å². The molecule has 146 valence electrons. The zero-order valence-corrected chi connectivity index (χ0v) is 16.5. The molecule has 0 radical (unpaired) electrons. The summed E-state index contributed by atoms with van der Waals surface area (Å²) in [5.74, 6) is 1.45. The van der Waals surface area contributed by atoms with Crippen LogP contribution in [0.2, 0.25) is 0 Å². The van der Waals surface area contributed by atoms with E-state index in [1.54, 1.807) is 0 Å². The first-order valence-corrected chi connectivity index (χ1v) is 10.9. The van der Waals surface area contributed by atoms with Crippen LogP contribution in [0.1, 0.15) is 50.5 Å². The Morgan fingerprint density at radius 2 is 1.96 bits per heavy atom. The fourth-order valence-corrected chi connectivity index (χ4v) is 5.11. The second-order valence-corrected chi connectivity index (χ2v) is 8.95. The van der Waals surface area contributed by atoms with Crippen LogP contribution in [0.4, 0.5) is 0 Å². The Balaban J connectivity index is 1.14. The number of carbonyl (C=O) groups excluding carboxylic acids is 1. The van der Waals surface area contributed by atoms with Crippen LogP contribution in [0.5, 0.6) is 0 Å². The molecule has 1 aromatic carbocycles. The van der Waals surface area contributed by atoms with Crippen molar-refractivity contribution in [3.05, 3.63) is 48.0 Å². The first-order valence-electron chi connectivity index (χ1n) is 10.9. The van der Waals surface area contributed by atoms with E-state index < -0.39 is 0 Å². The molecule has 2 atom stereocenters. The molecule has 1 saturated heterocycles. The van der Waals surface area contributed by atoms with E-state index >= 15 is 0 Å². The minimum absolute atomic E-state index is 0.286. The summed E-state index contributed by atoms with van der Waals surface area (Å²) in [6.07, 6.45) is 14.2. The number of hydrogen-bond donors (Lipinski definition) is 1. The van der Waals surface area contributed by atoms with Gasteiger partial charge in [0, 0.05) is 19.0 Å². The van der Waals surface area contributed by atoms with Gasteiger partial charge in [-0.3, -0.25) is 4.79 Å². The normalized spacial score (nSPS) is 26.8. The van der Waals surface area contributed by atoms with Crippen LogP contribution >= 0.6 is 0 Å². The fraction of sp³-hybridized carbons (Fsp3) is 0.625. The van der Waals surface area contributed by atoms with Crippen LogP contribution in [0.3, 0.4) is 0 Å². The molecule has 3 aliphatic rings. The summed E-state index contributed by atoms with van der Waals surface area (Å²) < 4.78 is 0. The molecule has 0 unspecified atom stereocenters. The number of likely N-dealkylation sites (tertiary alicyclic amines) is 1. The molecule has 3 heteroatoms. The molecule has 0 aromatic heterocycles. The highest BCUT2D eigenvalue weighted by Gasteiger charge is 2.58. The molecule has 0 bridgehead atoms. The van der Waals surface area contributed by atoms with Gasteiger partial charge in [0.05, 0.1) is 0 Å². The maximum atomic E-state index is 12.6. The summed E-state index contributed by atoms with van der Waals surface area (Å²) in [6.45, 7) is 4.45. The van der Waals surface area contributed by atoms with Gasteiger partial charge in [-0.25, -0.2) is 0 Å². The number of carbonyl (C=O) groups is 1. The highest BCUT2D eigenvalue weighted by molar-refractivity contribution is 5.82. The maximum absolute atomic E-state index is 12.6. The van der Waals surface area contributed by atoms with Crippen LogP contribution in [-0.2, 0) is 11.2 Å². The lowest BCUT2D eigenvalue weighted by molar-refractivity contribution is -0.123. The van der Waals surface area contributed by atoms with Crippen LogP contribution < -0.4 is 5.32 Å². The van der Waals surface area contributed by atoms with Crippen molar-refractivity contribution in [2.24, 2.45) is 17.3 Å². The summed E-state index contributed by atoms with van der Waals surface area (Å²) in [5, 5.41) is 3.20. The van der Waals surface area contributed by atoms with Gasteiger partial charge in [0.25, 0.3) is 0 Å². The predicted molar refractivity (Wildman–Crippen MR) is 110 cm³/mol. The van der Waals surface area contributed by atoms with Crippen molar-refractivity contribution in [1.29, 1.82) is 0 Å². The summed E-state index contributed by atoms with van der Waals surface area (Å²) in [6, 6.07) is 10.5. The van der Waals surface area contributed by atoms with Crippen LogP contribution in [0, 0.1) is 17.3 Å². The summed E-state index contributed by atoms with van der Waals surface area (Å²) >= 11 is 0. The molecule has 2 fully saturated rings. The number of piperidine rings is 1. The zero-order chi connectivity index (χ0) is 18.5. The molecule has 2 aliphatic carbocycles. The second-order valence-electron chi connectivity index (χ2n) is 8.95. The number of nitrogens with one attached hydrogen (secondary N) is 1. The largest absolute Gasteiger partial charge is 0.356 e. The van der Waals surface area contributed by atoms with E-state index in [4.69, 9.17) is 0 Å². The molecule has 1 aromatic rings. The fourth-order valence-electron chi connectivity index (χ4n) is 5.11. The SMILES string of the molecule is O=C(NCCCc1ccccc1)[C@@H]1CC12CCN(C[C@H]1CC=CCC1)CC2. The highest BCUT2D eigenvalue weighted by atomic mass is 16.2. The van der Waals surface area contributed by atoms with Crippen LogP contribution in [0.15, 0.2) is 42.5 Å². The molecular weight excluding hydrogens is 332 g/mol. The minimum atomic E-state index is 0.286. The number of rotatable bonds is 7. The molecular formula is C24H34N2O. The summed E-state index contributed by atoms with van der Waals surface area (Å²) in [5.41, 5.74) is 1.70. The number of benzene rings is 1. The van der Waals surface area contributed by atoms with E-state index in [0.717, 1.165) is 31.7 Å². The van der Waals surface area contributed by atoms with Crippen LogP contribution in [0.25, 0.3) is 0 Å². The quantitative estimate of drug-likeness (QED) is 0.579. The molecule has 27 heavy (non-hydrogen) atoms. The van der Waals surface area contributed by atoms with Crippen molar-refractivity contribution in [2.45, 2.75) is 51.4 Å². The molecule has 4 rings (SSSR count). The Labute approximate surface area is 164 Å². The Kier molecular flexibility index (Phi) is 5.97. The van der Waals surface area contributed by atoms with Gasteiger partial charge in [-0.05, 0) is 81.4 Å². The van der Waals surface area contributed by atoms with E-state index in [-0.39, 0.29) is 5.92 Å². The van der Waals surface area contributed by atoms with Crippen molar-refractivity contribution in [2.75, 3.05) is 26.2 Å². The zero-order valence-electron chi connectivity index (χ0n) is 16.5. The average Bonchev–Trinajstić information content (AvgIpc) is 3.42. The average molecular weight is 367 g/mol. The predicted octanol–water partition coefficient (Wildman–Crippen LogP) is 4.19. The number of hydrogen-bond acceptors (Lipinski definition) is 2. The maximum Gasteiger partial charge on any atom is 0.223 e. The van der Waals surface area contributed by atoms with Crippen molar-refractivity contribution >= 4 is 5.91 Å². The molecule has 1 heterocycles. The Hall–Kier alpha value is -1.61. The van der Waals surface area contributed by atoms with Gasteiger partial charge in [0.1, 0.15) is 0 Å². The second kappa shape index (κ2) is 8.60. The van der Waals surface area contributed by atoms with Gasteiger partial charge in [-0.1, -0.05) is 42.5 Å². The molecule has 3 nitrogen and oxygen atoms in total. The molecule has 1 amide bonds. The van der Waals surface area contributed by atoms with Gasteiger partial charge < -0.3 is 10.2 Å². The van der Waals surface area contributed by atoms with E-state index in [1.807, 2.05) is 0 Å². The molecule has 1 spiro atoms. The first-order chi connectivity index (χ1) is 13.3. The third kappa shape index (κ3) is 4.82.